The van der Waals surface area contributed by atoms with Crippen molar-refractivity contribution in [3.63, 3.8) is 0 Å². The first-order valence-electron chi connectivity index (χ1n) is 10.3. The third kappa shape index (κ3) is 2.37. The minimum Gasteiger partial charge on any atom is -0.247 e. The molecule has 0 spiro atoms. The summed E-state index contributed by atoms with van der Waals surface area (Å²) in [7, 11) is 0. The summed E-state index contributed by atoms with van der Waals surface area (Å²) < 4.78 is 1.08. The zero-order valence-electron chi connectivity index (χ0n) is 16.9. The fourth-order valence-corrected chi connectivity index (χ4v) is 5.33. The molecule has 5 aromatic rings. The highest BCUT2D eigenvalue weighted by Crippen LogP contribution is 2.52. The topological polar surface area (TPSA) is 12.9 Å². The van der Waals surface area contributed by atoms with E-state index in [0.29, 0.717) is 0 Å². The zero-order valence-corrected chi connectivity index (χ0v) is 18.5. The normalized spacial score (nSPS) is 14.1. The van der Waals surface area contributed by atoms with Crippen molar-refractivity contribution in [3.8, 4) is 22.4 Å². The van der Waals surface area contributed by atoms with Gasteiger partial charge in [-0.05, 0) is 40.5 Å². The third-order valence-electron chi connectivity index (χ3n) is 6.53. The highest BCUT2D eigenvalue weighted by Gasteiger charge is 2.36. The van der Waals surface area contributed by atoms with Crippen LogP contribution >= 0.6 is 15.9 Å². The number of benzene rings is 4. The molecule has 30 heavy (non-hydrogen) atoms. The van der Waals surface area contributed by atoms with Crippen LogP contribution in [0.1, 0.15) is 25.0 Å². The third-order valence-corrected chi connectivity index (χ3v) is 7.06. The molecule has 0 amide bonds. The van der Waals surface area contributed by atoms with Crippen LogP contribution in [-0.4, -0.2) is 4.98 Å². The second kappa shape index (κ2) is 6.26. The Bertz CT molecular complexity index is 1460. The average molecular weight is 450 g/mol. The Hall–Kier alpha value is -2.97. The quantitative estimate of drug-likeness (QED) is 0.235. The highest BCUT2D eigenvalue weighted by atomic mass is 79.9. The molecule has 0 atom stereocenters. The predicted molar refractivity (Wildman–Crippen MR) is 130 cm³/mol. The van der Waals surface area contributed by atoms with Crippen LogP contribution in [0.5, 0.6) is 0 Å². The van der Waals surface area contributed by atoms with Crippen molar-refractivity contribution >= 4 is 37.6 Å². The van der Waals surface area contributed by atoms with Gasteiger partial charge in [0.2, 0.25) is 0 Å². The van der Waals surface area contributed by atoms with Gasteiger partial charge in [-0.15, -0.1) is 0 Å². The lowest BCUT2D eigenvalue weighted by Crippen LogP contribution is -2.14. The number of nitrogens with zero attached hydrogens (tertiary/aromatic N) is 1. The molecule has 4 aromatic carbocycles. The number of fused-ring (bicyclic) bond motifs is 7. The summed E-state index contributed by atoms with van der Waals surface area (Å²) in [4.78, 5) is 5.11. The van der Waals surface area contributed by atoms with E-state index in [9.17, 15) is 0 Å². The fourth-order valence-electron chi connectivity index (χ4n) is 5.06. The van der Waals surface area contributed by atoms with Crippen molar-refractivity contribution in [2.24, 2.45) is 0 Å². The van der Waals surface area contributed by atoms with Crippen LogP contribution in [0.3, 0.4) is 0 Å². The van der Waals surface area contributed by atoms with Crippen molar-refractivity contribution in [1.82, 2.24) is 4.98 Å². The number of para-hydroxylation sites is 1. The maximum absolute atomic E-state index is 5.11. The summed E-state index contributed by atoms with van der Waals surface area (Å²) in [5.74, 6) is 0. The first-order valence-corrected chi connectivity index (χ1v) is 11.1. The molecule has 0 saturated carbocycles. The molecular formula is C28H20BrN. The van der Waals surface area contributed by atoms with E-state index in [4.69, 9.17) is 4.98 Å². The summed E-state index contributed by atoms with van der Waals surface area (Å²) in [5.41, 5.74) is 8.72. The molecular weight excluding hydrogens is 430 g/mol. The Balaban J connectivity index is 1.83. The molecule has 1 nitrogen and oxygen atoms in total. The average Bonchev–Trinajstić information content (AvgIpc) is 3.01. The molecule has 2 heteroatoms. The molecule has 0 saturated heterocycles. The maximum atomic E-state index is 5.11. The van der Waals surface area contributed by atoms with E-state index in [1.54, 1.807) is 0 Å². The van der Waals surface area contributed by atoms with Gasteiger partial charge in [-0.1, -0.05) is 96.5 Å². The summed E-state index contributed by atoms with van der Waals surface area (Å²) in [5, 5.41) is 3.74. The van der Waals surface area contributed by atoms with Crippen molar-refractivity contribution in [1.29, 1.82) is 0 Å². The first-order chi connectivity index (χ1) is 14.6. The molecule has 144 valence electrons. The van der Waals surface area contributed by atoms with Crippen LogP contribution in [0.4, 0.5) is 0 Å². The Morgan fingerprint density at radius 1 is 0.700 bits per heavy atom. The molecule has 0 aliphatic heterocycles. The van der Waals surface area contributed by atoms with Gasteiger partial charge < -0.3 is 0 Å². The molecule has 1 heterocycles. The molecule has 1 aliphatic rings. The Labute approximate surface area is 184 Å². The predicted octanol–water partition coefficient (Wildman–Crippen LogP) is 8.12. The number of halogens is 1. The van der Waals surface area contributed by atoms with Gasteiger partial charge in [-0.25, -0.2) is 4.98 Å². The van der Waals surface area contributed by atoms with Crippen molar-refractivity contribution in [2.45, 2.75) is 19.3 Å². The van der Waals surface area contributed by atoms with Gasteiger partial charge in [0.05, 0.1) is 11.2 Å². The summed E-state index contributed by atoms with van der Waals surface area (Å²) in [6.45, 7) is 4.67. The van der Waals surface area contributed by atoms with E-state index in [1.807, 2.05) is 0 Å². The molecule has 1 aliphatic carbocycles. The van der Waals surface area contributed by atoms with Gasteiger partial charge in [-0.2, -0.15) is 0 Å². The molecule has 0 N–H and O–H groups in total. The first kappa shape index (κ1) is 17.9. The van der Waals surface area contributed by atoms with Gasteiger partial charge in [0.15, 0.2) is 0 Å². The fraction of sp³-hybridized carbons (Fsp3) is 0.107. The molecule has 0 fully saturated rings. The molecule has 0 unspecified atom stereocenters. The van der Waals surface area contributed by atoms with Crippen molar-refractivity contribution in [2.75, 3.05) is 0 Å². The van der Waals surface area contributed by atoms with Crippen molar-refractivity contribution in [3.05, 3.63) is 101 Å². The highest BCUT2D eigenvalue weighted by molar-refractivity contribution is 9.10. The monoisotopic (exact) mass is 449 g/mol. The van der Waals surface area contributed by atoms with Crippen LogP contribution in [-0.2, 0) is 5.41 Å². The van der Waals surface area contributed by atoms with Gasteiger partial charge in [0, 0.05) is 31.6 Å². The number of hydrogen-bond donors (Lipinski definition) is 0. The van der Waals surface area contributed by atoms with E-state index in [0.717, 1.165) is 21.2 Å². The Kier molecular flexibility index (Phi) is 3.73. The Morgan fingerprint density at radius 2 is 1.43 bits per heavy atom. The second-order valence-electron chi connectivity index (χ2n) is 8.57. The molecule has 0 bridgehead atoms. The van der Waals surface area contributed by atoms with Crippen LogP contribution in [0, 0.1) is 0 Å². The zero-order chi connectivity index (χ0) is 20.5. The van der Waals surface area contributed by atoms with E-state index >= 15 is 0 Å². The van der Waals surface area contributed by atoms with Crippen LogP contribution in [0.2, 0.25) is 0 Å². The molecule has 0 radical (unpaired) electrons. The van der Waals surface area contributed by atoms with E-state index in [2.05, 4.69) is 115 Å². The standard InChI is InChI=1S/C28H20BrN/c1-28(2)22-9-5-3-7-19(22)26-23(28)16-15-21-25(26)20-8-4-6-10-24(20)30-27(21)17-11-13-18(29)14-12-17/h3-16H,1-2H3. The van der Waals surface area contributed by atoms with E-state index < -0.39 is 0 Å². The lowest BCUT2D eigenvalue weighted by molar-refractivity contribution is 0.661. The van der Waals surface area contributed by atoms with Crippen LogP contribution in [0.15, 0.2) is 89.4 Å². The smallest absolute Gasteiger partial charge is 0.0788 e. The summed E-state index contributed by atoms with van der Waals surface area (Å²) in [6.07, 6.45) is 0. The van der Waals surface area contributed by atoms with Gasteiger partial charge in [0.1, 0.15) is 0 Å². The lowest BCUT2D eigenvalue weighted by atomic mass is 9.82. The van der Waals surface area contributed by atoms with Crippen molar-refractivity contribution < 1.29 is 0 Å². The maximum Gasteiger partial charge on any atom is 0.0788 e. The minimum atomic E-state index is -0.0116. The molecule has 1 aromatic heterocycles. The van der Waals surface area contributed by atoms with Gasteiger partial charge in [-0.3, -0.25) is 0 Å². The number of rotatable bonds is 1. The largest absolute Gasteiger partial charge is 0.247 e. The molecule has 6 rings (SSSR count). The SMILES string of the molecule is CC1(C)c2ccccc2-c2c1ccc1c(-c3ccc(Br)cc3)nc3ccccc3c21. The minimum absolute atomic E-state index is 0.0116. The summed E-state index contributed by atoms with van der Waals surface area (Å²) >= 11 is 3.56. The van der Waals surface area contributed by atoms with Crippen LogP contribution in [0.25, 0.3) is 44.1 Å². The lowest BCUT2D eigenvalue weighted by Gasteiger charge is -2.22. The number of pyridine rings is 1. The van der Waals surface area contributed by atoms with Crippen LogP contribution < -0.4 is 0 Å². The Morgan fingerprint density at radius 3 is 2.27 bits per heavy atom. The van der Waals surface area contributed by atoms with E-state index in [1.165, 1.54) is 38.4 Å². The second-order valence-corrected chi connectivity index (χ2v) is 9.48. The number of hydrogen-bond acceptors (Lipinski definition) is 1. The summed E-state index contributed by atoms with van der Waals surface area (Å²) in [6, 6.07) is 30.5. The van der Waals surface area contributed by atoms with E-state index in [-0.39, 0.29) is 5.41 Å². The van der Waals surface area contributed by atoms with Gasteiger partial charge >= 0.3 is 0 Å². The number of aromatic nitrogens is 1. The van der Waals surface area contributed by atoms with Gasteiger partial charge in [0.25, 0.3) is 0 Å².